The predicted octanol–water partition coefficient (Wildman–Crippen LogP) is 1.31. The Morgan fingerprint density at radius 3 is 1.43 bits per heavy atom. The van der Waals surface area contributed by atoms with Gasteiger partial charge in [-0.3, -0.25) is 0 Å². The molecule has 0 unspecified atom stereocenters. The lowest BCUT2D eigenvalue weighted by atomic mass is 9.93. The molecule has 0 bridgehead atoms. The van der Waals surface area contributed by atoms with Gasteiger partial charge in [0.05, 0.1) is 0 Å². The summed E-state index contributed by atoms with van der Waals surface area (Å²) in [7, 11) is 0. The molecule has 0 saturated heterocycles. The minimum absolute atomic E-state index is 0.253. The molecule has 0 spiro atoms. The van der Waals surface area contributed by atoms with Gasteiger partial charge in [-0.25, -0.2) is 0 Å². The lowest BCUT2D eigenvalue weighted by Crippen LogP contribution is -2.04. The van der Waals surface area contributed by atoms with Crippen molar-refractivity contribution >= 4 is 0 Å². The Hall–Kier alpha value is -0.120. The molecule has 0 radical (unpaired) electrons. The molecule has 0 rings (SSSR count). The summed E-state index contributed by atoms with van der Waals surface area (Å²) in [5.41, 5.74) is 0. The van der Waals surface area contributed by atoms with Crippen molar-refractivity contribution in [3.05, 3.63) is 0 Å². The summed E-state index contributed by atoms with van der Waals surface area (Å²) in [6.45, 7) is 0.786. The molecule has 0 fully saturated rings. The van der Waals surface area contributed by atoms with Crippen LogP contribution in [0.3, 0.4) is 0 Å². The van der Waals surface area contributed by atoms with Crippen molar-refractivity contribution in [1.29, 1.82) is 0 Å². The third-order valence-electron chi connectivity index (χ3n) is 2.58. The van der Waals surface area contributed by atoms with E-state index in [2.05, 4.69) is 0 Å². The van der Waals surface area contributed by atoms with E-state index in [-0.39, 0.29) is 19.8 Å². The van der Waals surface area contributed by atoms with Crippen molar-refractivity contribution in [2.24, 2.45) is 5.92 Å². The molecule has 86 valence electrons. The van der Waals surface area contributed by atoms with E-state index in [1.54, 1.807) is 0 Å². The highest BCUT2D eigenvalue weighted by atomic mass is 16.3. The maximum absolute atomic E-state index is 8.85. The van der Waals surface area contributed by atoms with Crippen LogP contribution in [0.2, 0.25) is 0 Å². The average Bonchev–Trinajstić information content (AvgIpc) is 2.18. The molecule has 0 aliphatic carbocycles. The van der Waals surface area contributed by atoms with Crippen molar-refractivity contribution in [1.82, 2.24) is 0 Å². The molecular formula is C11H24O3. The second-order valence-electron chi connectivity index (χ2n) is 3.82. The molecule has 0 aromatic carbocycles. The molecule has 0 aromatic rings. The van der Waals surface area contributed by atoms with Crippen molar-refractivity contribution < 1.29 is 15.3 Å². The van der Waals surface area contributed by atoms with E-state index in [4.69, 9.17) is 15.3 Å². The van der Waals surface area contributed by atoms with Crippen LogP contribution in [0.25, 0.3) is 0 Å². The average molecular weight is 204 g/mol. The minimum Gasteiger partial charge on any atom is -0.396 e. The number of rotatable bonds is 10. The maximum atomic E-state index is 8.85. The molecule has 3 nitrogen and oxygen atoms in total. The fourth-order valence-electron chi connectivity index (χ4n) is 1.71. The van der Waals surface area contributed by atoms with Gasteiger partial charge in [-0.2, -0.15) is 0 Å². The van der Waals surface area contributed by atoms with Gasteiger partial charge in [-0.15, -0.1) is 0 Å². The first-order valence-corrected chi connectivity index (χ1v) is 5.67. The van der Waals surface area contributed by atoms with Gasteiger partial charge in [0.25, 0.3) is 0 Å². The van der Waals surface area contributed by atoms with Crippen LogP contribution < -0.4 is 0 Å². The Kier molecular flexibility index (Phi) is 10.9. The highest BCUT2D eigenvalue weighted by Crippen LogP contribution is 2.19. The summed E-state index contributed by atoms with van der Waals surface area (Å²) in [5, 5.41) is 26.1. The number of hydrogen-bond acceptors (Lipinski definition) is 3. The first-order chi connectivity index (χ1) is 6.85. The van der Waals surface area contributed by atoms with Gasteiger partial charge in [0.2, 0.25) is 0 Å². The quantitative estimate of drug-likeness (QED) is 0.470. The van der Waals surface area contributed by atoms with E-state index < -0.39 is 0 Å². The smallest absolute Gasteiger partial charge is 0.0433 e. The Morgan fingerprint density at radius 2 is 1.07 bits per heavy atom. The SMILES string of the molecule is OCCCCC(CCO)CCCCO. The largest absolute Gasteiger partial charge is 0.396 e. The second-order valence-corrected chi connectivity index (χ2v) is 3.82. The lowest BCUT2D eigenvalue weighted by molar-refractivity contribution is 0.228. The Balaban J connectivity index is 3.44. The maximum Gasteiger partial charge on any atom is 0.0433 e. The van der Waals surface area contributed by atoms with Gasteiger partial charge in [-0.05, 0) is 25.2 Å². The van der Waals surface area contributed by atoms with Gasteiger partial charge in [0.15, 0.2) is 0 Å². The zero-order valence-electron chi connectivity index (χ0n) is 8.99. The van der Waals surface area contributed by atoms with Crippen LogP contribution in [0.4, 0.5) is 0 Å². The van der Waals surface area contributed by atoms with Crippen LogP contribution in [0.1, 0.15) is 44.9 Å². The van der Waals surface area contributed by atoms with Crippen LogP contribution in [0, 0.1) is 5.92 Å². The molecule has 0 heterocycles. The topological polar surface area (TPSA) is 60.7 Å². The predicted molar refractivity (Wildman–Crippen MR) is 57.1 cm³/mol. The van der Waals surface area contributed by atoms with Gasteiger partial charge < -0.3 is 15.3 Å². The minimum atomic E-state index is 0.253. The van der Waals surface area contributed by atoms with Crippen LogP contribution in [-0.4, -0.2) is 35.1 Å². The number of hydrogen-bond donors (Lipinski definition) is 3. The van der Waals surface area contributed by atoms with Crippen LogP contribution >= 0.6 is 0 Å². The molecule has 0 aromatic heterocycles. The molecule has 0 aliphatic rings. The number of aliphatic hydroxyl groups excluding tert-OH is 3. The molecule has 0 atom stereocenters. The Morgan fingerprint density at radius 1 is 0.571 bits per heavy atom. The monoisotopic (exact) mass is 204 g/mol. The summed E-state index contributed by atoms with van der Waals surface area (Å²) >= 11 is 0. The van der Waals surface area contributed by atoms with E-state index in [9.17, 15) is 0 Å². The number of unbranched alkanes of at least 4 members (excludes halogenated alkanes) is 2. The third-order valence-corrected chi connectivity index (χ3v) is 2.58. The first kappa shape index (κ1) is 13.9. The van der Waals surface area contributed by atoms with Crippen LogP contribution in [-0.2, 0) is 0 Å². The summed E-state index contributed by atoms with van der Waals surface area (Å²) in [5.74, 6) is 0.568. The van der Waals surface area contributed by atoms with Crippen molar-refractivity contribution in [2.75, 3.05) is 19.8 Å². The Labute approximate surface area is 86.8 Å². The van der Waals surface area contributed by atoms with Crippen LogP contribution in [0.15, 0.2) is 0 Å². The Bertz CT molecular complexity index is 96.7. The normalized spacial score (nSPS) is 11.1. The van der Waals surface area contributed by atoms with Crippen molar-refractivity contribution in [3.63, 3.8) is 0 Å². The second kappa shape index (κ2) is 11.0. The molecule has 14 heavy (non-hydrogen) atoms. The first-order valence-electron chi connectivity index (χ1n) is 5.67. The highest BCUT2D eigenvalue weighted by Gasteiger charge is 2.07. The van der Waals surface area contributed by atoms with Crippen molar-refractivity contribution in [3.8, 4) is 0 Å². The third kappa shape index (κ3) is 8.48. The summed E-state index contributed by atoms with van der Waals surface area (Å²) in [6, 6.07) is 0. The molecule has 3 heteroatoms. The van der Waals surface area contributed by atoms with Crippen molar-refractivity contribution in [2.45, 2.75) is 44.9 Å². The van der Waals surface area contributed by atoms with E-state index in [0.29, 0.717) is 5.92 Å². The van der Waals surface area contributed by atoms with Gasteiger partial charge in [0, 0.05) is 19.8 Å². The fourth-order valence-corrected chi connectivity index (χ4v) is 1.71. The van der Waals surface area contributed by atoms with E-state index in [1.165, 1.54) is 0 Å². The molecule has 3 N–H and O–H groups in total. The van der Waals surface area contributed by atoms with Gasteiger partial charge >= 0.3 is 0 Å². The summed E-state index contributed by atoms with van der Waals surface area (Å²) in [4.78, 5) is 0. The molecular weight excluding hydrogens is 180 g/mol. The summed E-state index contributed by atoms with van der Waals surface area (Å²) < 4.78 is 0. The number of aliphatic hydroxyl groups is 3. The van der Waals surface area contributed by atoms with E-state index >= 15 is 0 Å². The molecule has 0 aliphatic heterocycles. The van der Waals surface area contributed by atoms with Gasteiger partial charge in [0.1, 0.15) is 0 Å². The van der Waals surface area contributed by atoms with E-state index in [1.807, 2.05) is 0 Å². The summed E-state index contributed by atoms with van der Waals surface area (Å²) in [6.07, 6.45) is 6.85. The zero-order valence-corrected chi connectivity index (χ0v) is 8.99. The molecule has 0 saturated carbocycles. The van der Waals surface area contributed by atoms with Crippen LogP contribution in [0.5, 0.6) is 0 Å². The standard InChI is InChI=1S/C11H24O3/c12-8-3-1-5-11(7-10-14)6-2-4-9-13/h11-14H,1-10H2. The lowest BCUT2D eigenvalue weighted by Gasteiger charge is -2.14. The zero-order chi connectivity index (χ0) is 10.6. The molecule has 0 amide bonds. The highest BCUT2D eigenvalue weighted by molar-refractivity contribution is 4.59. The fraction of sp³-hybridized carbons (Fsp3) is 1.00. The van der Waals surface area contributed by atoms with Gasteiger partial charge in [-0.1, -0.05) is 25.7 Å². The van der Waals surface area contributed by atoms with E-state index in [0.717, 1.165) is 44.9 Å².